The van der Waals surface area contributed by atoms with Crippen molar-refractivity contribution in [2.24, 2.45) is 5.73 Å². The molecule has 0 saturated heterocycles. The number of benzene rings is 1. The van der Waals surface area contributed by atoms with Crippen LogP contribution in [0.4, 0.5) is 0 Å². The second kappa shape index (κ2) is 3.47. The fourth-order valence-corrected chi connectivity index (χ4v) is 1.19. The van der Waals surface area contributed by atoms with E-state index in [2.05, 4.69) is 0 Å². The molecular formula is C10H13NO2. The fraction of sp³-hybridized carbons (Fsp3) is 0.300. The Labute approximate surface area is 77.2 Å². The molecule has 0 aliphatic rings. The van der Waals surface area contributed by atoms with Gasteiger partial charge in [0.05, 0.1) is 6.42 Å². The van der Waals surface area contributed by atoms with E-state index in [1.807, 2.05) is 13.8 Å². The maximum absolute atomic E-state index is 10.6. The third-order valence-corrected chi connectivity index (χ3v) is 2.06. The number of hydrogen-bond donors (Lipinski definition) is 2. The number of amides is 1. The van der Waals surface area contributed by atoms with E-state index in [4.69, 9.17) is 5.73 Å². The number of rotatable bonds is 2. The molecule has 0 aromatic heterocycles. The summed E-state index contributed by atoms with van der Waals surface area (Å²) >= 11 is 0. The maximum atomic E-state index is 10.6. The molecule has 3 N–H and O–H groups in total. The minimum Gasteiger partial charge on any atom is -0.508 e. The van der Waals surface area contributed by atoms with Crippen molar-refractivity contribution < 1.29 is 9.90 Å². The van der Waals surface area contributed by atoms with Gasteiger partial charge in [-0.25, -0.2) is 0 Å². The molecule has 0 saturated carbocycles. The Morgan fingerprint density at radius 2 is 1.92 bits per heavy atom. The first-order valence-corrected chi connectivity index (χ1v) is 4.08. The van der Waals surface area contributed by atoms with E-state index < -0.39 is 5.91 Å². The summed E-state index contributed by atoms with van der Waals surface area (Å²) in [6.45, 7) is 3.84. The van der Waals surface area contributed by atoms with Crippen molar-refractivity contribution in [3.05, 3.63) is 28.8 Å². The molecule has 1 aromatic rings. The second-order valence-corrected chi connectivity index (χ2v) is 3.21. The monoisotopic (exact) mass is 179 g/mol. The summed E-state index contributed by atoms with van der Waals surface area (Å²) in [5.41, 5.74) is 7.68. The predicted octanol–water partition coefficient (Wildman–Crippen LogP) is 1.04. The van der Waals surface area contributed by atoms with Crippen LogP contribution < -0.4 is 5.73 Å². The van der Waals surface area contributed by atoms with Crippen molar-refractivity contribution in [2.45, 2.75) is 20.3 Å². The zero-order valence-corrected chi connectivity index (χ0v) is 7.79. The molecule has 3 heteroatoms. The minimum absolute atomic E-state index is 0.0902. The molecular weight excluding hydrogens is 166 g/mol. The molecule has 0 fully saturated rings. The molecule has 0 radical (unpaired) electrons. The number of hydrogen-bond acceptors (Lipinski definition) is 2. The molecule has 0 bridgehead atoms. The molecule has 0 aliphatic heterocycles. The molecule has 70 valence electrons. The van der Waals surface area contributed by atoms with Crippen LogP contribution in [0.15, 0.2) is 12.1 Å². The Hall–Kier alpha value is -1.51. The lowest BCUT2D eigenvalue weighted by molar-refractivity contribution is -0.117. The smallest absolute Gasteiger partial charge is 0.221 e. The van der Waals surface area contributed by atoms with Crippen LogP contribution >= 0.6 is 0 Å². The van der Waals surface area contributed by atoms with E-state index in [1.54, 1.807) is 12.1 Å². The molecule has 1 rings (SSSR count). The topological polar surface area (TPSA) is 63.3 Å². The van der Waals surface area contributed by atoms with Gasteiger partial charge in [-0.3, -0.25) is 4.79 Å². The van der Waals surface area contributed by atoms with Gasteiger partial charge in [-0.2, -0.15) is 0 Å². The number of aryl methyl sites for hydroxylation is 2. The van der Waals surface area contributed by atoms with E-state index in [9.17, 15) is 9.90 Å². The highest BCUT2D eigenvalue weighted by molar-refractivity contribution is 5.77. The standard InChI is InChI=1S/C10H13NO2/c1-6-3-8(5-10(11)13)9(12)4-7(6)2/h3-4,12H,5H2,1-2H3,(H2,11,13). The number of aromatic hydroxyl groups is 1. The Morgan fingerprint density at radius 1 is 1.38 bits per heavy atom. The first kappa shape index (κ1) is 9.58. The third kappa shape index (κ3) is 2.21. The van der Waals surface area contributed by atoms with Gasteiger partial charge >= 0.3 is 0 Å². The number of carbonyl (C=O) groups excluding carboxylic acids is 1. The highest BCUT2D eigenvalue weighted by Gasteiger charge is 2.06. The van der Waals surface area contributed by atoms with Crippen LogP contribution in [-0.4, -0.2) is 11.0 Å². The molecule has 0 unspecified atom stereocenters. The first-order chi connectivity index (χ1) is 6.00. The lowest BCUT2D eigenvalue weighted by Gasteiger charge is -2.06. The van der Waals surface area contributed by atoms with Gasteiger partial charge in [-0.1, -0.05) is 6.07 Å². The van der Waals surface area contributed by atoms with Crippen molar-refractivity contribution in [3.63, 3.8) is 0 Å². The van der Waals surface area contributed by atoms with Gasteiger partial charge < -0.3 is 10.8 Å². The van der Waals surface area contributed by atoms with Crippen LogP contribution in [0.2, 0.25) is 0 Å². The Kier molecular flexibility index (Phi) is 2.56. The van der Waals surface area contributed by atoms with E-state index in [1.165, 1.54) is 0 Å². The highest BCUT2D eigenvalue weighted by Crippen LogP contribution is 2.21. The normalized spacial score (nSPS) is 10.0. The van der Waals surface area contributed by atoms with Crippen molar-refractivity contribution in [1.29, 1.82) is 0 Å². The number of phenols is 1. The van der Waals surface area contributed by atoms with E-state index in [0.717, 1.165) is 11.1 Å². The summed E-state index contributed by atoms with van der Waals surface area (Å²) in [5.74, 6) is -0.291. The molecule has 3 nitrogen and oxygen atoms in total. The fourth-order valence-electron chi connectivity index (χ4n) is 1.19. The summed E-state index contributed by atoms with van der Waals surface area (Å²) in [5, 5.41) is 9.46. The van der Waals surface area contributed by atoms with Gasteiger partial charge in [0, 0.05) is 5.56 Å². The van der Waals surface area contributed by atoms with Gasteiger partial charge in [-0.05, 0) is 31.0 Å². The lowest BCUT2D eigenvalue weighted by Crippen LogP contribution is -2.13. The van der Waals surface area contributed by atoms with Crippen LogP contribution in [-0.2, 0) is 11.2 Å². The summed E-state index contributed by atoms with van der Waals surface area (Å²) < 4.78 is 0. The number of phenolic OH excluding ortho intramolecular Hbond substituents is 1. The van der Waals surface area contributed by atoms with Gasteiger partial charge in [0.25, 0.3) is 0 Å². The van der Waals surface area contributed by atoms with E-state index in [-0.39, 0.29) is 12.2 Å². The summed E-state index contributed by atoms with van der Waals surface area (Å²) in [4.78, 5) is 10.6. The SMILES string of the molecule is Cc1cc(O)c(CC(N)=O)cc1C. The first-order valence-electron chi connectivity index (χ1n) is 4.08. The highest BCUT2D eigenvalue weighted by atomic mass is 16.3. The van der Waals surface area contributed by atoms with Gasteiger partial charge in [0.2, 0.25) is 5.91 Å². The zero-order chi connectivity index (χ0) is 10.0. The summed E-state index contributed by atoms with van der Waals surface area (Å²) in [6, 6.07) is 3.43. The molecule has 1 aromatic carbocycles. The quantitative estimate of drug-likeness (QED) is 0.712. The van der Waals surface area contributed by atoms with Crippen molar-refractivity contribution in [2.75, 3.05) is 0 Å². The Balaban J connectivity index is 3.08. The number of primary amides is 1. The Bertz CT molecular complexity index is 345. The van der Waals surface area contributed by atoms with Gasteiger partial charge in [-0.15, -0.1) is 0 Å². The molecule has 1 amide bonds. The van der Waals surface area contributed by atoms with Crippen molar-refractivity contribution in [1.82, 2.24) is 0 Å². The van der Waals surface area contributed by atoms with Crippen LogP contribution in [0.5, 0.6) is 5.75 Å². The Morgan fingerprint density at radius 3 is 2.46 bits per heavy atom. The van der Waals surface area contributed by atoms with E-state index in [0.29, 0.717) is 5.56 Å². The minimum atomic E-state index is -0.432. The van der Waals surface area contributed by atoms with Gasteiger partial charge in [0.1, 0.15) is 5.75 Å². The van der Waals surface area contributed by atoms with E-state index >= 15 is 0 Å². The average molecular weight is 179 g/mol. The lowest BCUT2D eigenvalue weighted by atomic mass is 10.0. The molecule has 0 atom stereocenters. The van der Waals surface area contributed by atoms with Crippen LogP contribution in [0.3, 0.4) is 0 Å². The van der Waals surface area contributed by atoms with Gasteiger partial charge in [0.15, 0.2) is 0 Å². The summed E-state index contributed by atoms with van der Waals surface area (Å²) in [6.07, 6.45) is 0.0902. The predicted molar refractivity (Wildman–Crippen MR) is 50.5 cm³/mol. The molecule has 0 aliphatic carbocycles. The molecule has 0 heterocycles. The summed E-state index contributed by atoms with van der Waals surface area (Å²) in [7, 11) is 0. The number of nitrogens with two attached hydrogens (primary N) is 1. The van der Waals surface area contributed by atoms with Crippen LogP contribution in [0, 0.1) is 13.8 Å². The molecule has 13 heavy (non-hydrogen) atoms. The van der Waals surface area contributed by atoms with Crippen molar-refractivity contribution >= 4 is 5.91 Å². The van der Waals surface area contributed by atoms with Crippen molar-refractivity contribution in [3.8, 4) is 5.75 Å². The van der Waals surface area contributed by atoms with Crippen LogP contribution in [0.1, 0.15) is 16.7 Å². The van der Waals surface area contributed by atoms with Crippen LogP contribution in [0.25, 0.3) is 0 Å². The average Bonchev–Trinajstić information content (AvgIpc) is 1.99. The second-order valence-electron chi connectivity index (χ2n) is 3.21. The molecule has 0 spiro atoms. The maximum Gasteiger partial charge on any atom is 0.221 e. The largest absolute Gasteiger partial charge is 0.508 e. The zero-order valence-electron chi connectivity index (χ0n) is 7.79. The number of carbonyl (C=O) groups is 1. The third-order valence-electron chi connectivity index (χ3n) is 2.06.